The van der Waals surface area contributed by atoms with E-state index in [2.05, 4.69) is 10.6 Å². The van der Waals surface area contributed by atoms with Gasteiger partial charge in [0.1, 0.15) is 17.6 Å². The van der Waals surface area contributed by atoms with Crippen molar-refractivity contribution in [3.8, 4) is 17.0 Å². The van der Waals surface area contributed by atoms with Gasteiger partial charge in [0.2, 0.25) is 11.5 Å². The summed E-state index contributed by atoms with van der Waals surface area (Å²) < 4.78 is 9.18. The highest BCUT2D eigenvalue weighted by Crippen LogP contribution is 2.23. The van der Waals surface area contributed by atoms with Gasteiger partial charge in [-0.25, -0.2) is 19.3 Å². The minimum Gasteiger partial charge on any atom is -1.00 e. The highest BCUT2D eigenvalue weighted by Gasteiger charge is 2.18. The minimum atomic E-state index is -0.423. The summed E-state index contributed by atoms with van der Waals surface area (Å²) in [4.78, 5) is 24.7. The van der Waals surface area contributed by atoms with E-state index < -0.39 is 6.09 Å². The Labute approximate surface area is 169 Å². The maximum Gasteiger partial charge on any atom is 0.414 e. The Hall–Kier alpha value is -3.26. The molecular weight excluding hydrogens is 382 g/mol. The lowest BCUT2D eigenvalue weighted by Gasteiger charge is -2.10. The van der Waals surface area contributed by atoms with Crippen LogP contribution in [0.3, 0.4) is 0 Å². The van der Waals surface area contributed by atoms with Crippen LogP contribution in [0.2, 0.25) is 0 Å². The fourth-order valence-corrected chi connectivity index (χ4v) is 2.69. The lowest BCUT2D eigenvalue weighted by molar-refractivity contribution is -0.494. The Morgan fingerprint density at radius 3 is 2.39 bits per heavy atom. The van der Waals surface area contributed by atoms with Crippen LogP contribution in [0.4, 0.5) is 15.4 Å². The van der Waals surface area contributed by atoms with Crippen LogP contribution in [0.15, 0.2) is 48.7 Å². The number of nitrogens with zero attached hydrogens (tertiary/aromatic N) is 3. The number of urea groups is 1. The van der Waals surface area contributed by atoms with Crippen LogP contribution in [-0.4, -0.2) is 42.7 Å². The molecule has 8 nitrogen and oxygen atoms in total. The van der Waals surface area contributed by atoms with Gasteiger partial charge in [-0.05, 0) is 30.3 Å². The molecule has 3 aromatic rings. The van der Waals surface area contributed by atoms with Gasteiger partial charge in [0, 0.05) is 38.8 Å². The largest absolute Gasteiger partial charge is 1.00 e. The summed E-state index contributed by atoms with van der Waals surface area (Å²) in [7, 11) is 6.79. The normalized spacial score (nSPS) is 10.1. The van der Waals surface area contributed by atoms with E-state index in [9.17, 15) is 9.59 Å². The zero-order chi connectivity index (χ0) is 19.6. The first-order valence-electron chi connectivity index (χ1n) is 8.39. The minimum absolute atomic E-state index is 0. The fourth-order valence-electron chi connectivity index (χ4n) is 2.69. The first-order chi connectivity index (χ1) is 12.9. The molecule has 2 aromatic heterocycles. The molecule has 0 aliphatic rings. The lowest BCUT2D eigenvalue weighted by atomic mass is 10.1. The number of imidazole rings is 1. The second kappa shape index (κ2) is 8.62. The maximum absolute atomic E-state index is 11.7. The molecule has 3 rings (SSSR count). The molecule has 0 aliphatic carbocycles. The number of aryl methyl sites for hydroxylation is 1. The molecule has 3 amide bonds. The van der Waals surface area contributed by atoms with E-state index >= 15 is 0 Å². The third-order valence-electron chi connectivity index (χ3n) is 4.15. The van der Waals surface area contributed by atoms with E-state index in [1.807, 2.05) is 52.5 Å². The average Bonchev–Trinajstić information content (AvgIpc) is 3.00. The van der Waals surface area contributed by atoms with Crippen LogP contribution in [0, 0.1) is 0 Å². The van der Waals surface area contributed by atoms with Gasteiger partial charge in [-0.15, -0.1) is 0 Å². The third-order valence-corrected chi connectivity index (χ3v) is 4.15. The highest BCUT2D eigenvalue weighted by molar-refractivity contribution is 5.87. The van der Waals surface area contributed by atoms with Gasteiger partial charge < -0.3 is 27.4 Å². The molecule has 28 heavy (non-hydrogen) atoms. The van der Waals surface area contributed by atoms with E-state index in [0.717, 1.165) is 16.9 Å². The number of rotatable bonds is 3. The standard InChI is InChI=1S/C19H21N5O3.ClH/c1-20-18(25)21-16-6-5-7-17-23(4)15(12-24(16)17)13-8-10-14(11-9-13)27-19(26)22(2)3;/h5-12H,1-4H3,(H,20,25);1H. The van der Waals surface area contributed by atoms with Crippen LogP contribution >= 0.6 is 0 Å². The lowest BCUT2D eigenvalue weighted by Crippen LogP contribution is -3.00. The Bertz CT molecular complexity index is 999. The number of fused-ring (bicyclic) bond motifs is 1. The Kier molecular flexibility index (Phi) is 6.48. The number of aromatic nitrogens is 2. The molecule has 0 saturated carbocycles. The molecule has 0 bridgehead atoms. The molecule has 9 heteroatoms. The third kappa shape index (κ3) is 4.17. The van der Waals surface area contributed by atoms with Crippen molar-refractivity contribution in [2.75, 3.05) is 26.5 Å². The first-order valence-corrected chi connectivity index (χ1v) is 8.39. The number of carbonyl (C=O) groups is 2. The first kappa shape index (κ1) is 21.0. The number of carbonyl (C=O) groups excluding carboxylic acids is 2. The number of hydrogen-bond acceptors (Lipinski definition) is 3. The van der Waals surface area contributed by atoms with E-state index in [1.54, 1.807) is 33.3 Å². The number of ether oxygens (including phenoxy) is 1. The Balaban J connectivity index is 0.00000280. The van der Waals surface area contributed by atoms with Gasteiger partial charge in [0.25, 0.3) is 0 Å². The predicted molar refractivity (Wildman–Crippen MR) is 102 cm³/mol. The highest BCUT2D eigenvalue weighted by atomic mass is 35.5. The quantitative estimate of drug-likeness (QED) is 0.565. The molecule has 0 spiro atoms. The van der Waals surface area contributed by atoms with Crippen LogP contribution in [0.5, 0.6) is 5.75 Å². The van der Waals surface area contributed by atoms with Crippen molar-refractivity contribution in [1.29, 1.82) is 0 Å². The van der Waals surface area contributed by atoms with Gasteiger partial charge in [-0.2, -0.15) is 0 Å². The molecular formula is C19H22ClN5O3. The van der Waals surface area contributed by atoms with E-state index in [-0.39, 0.29) is 18.4 Å². The van der Waals surface area contributed by atoms with Gasteiger partial charge in [-0.3, -0.25) is 4.57 Å². The van der Waals surface area contributed by atoms with Gasteiger partial charge in [-0.1, -0.05) is 0 Å². The fraction of sp³-hybridized carbons (Fsp3) is 0.211. The van der Waals surface area contributed by atoms with E-state index in [0.29, 0.717) is 11.6 Å². The smallest absolute Gasteiger partial charge is 0.414 e. The van der Waals surface area contributed by atoms with Crippen molar-refractivity contribution >= 4 is 23.6 Å². The van der Waals surface area contributed by atoms with Crippen molar-refractivity contribution in [3.05, 3.63) is 48.7 Å². The Morgan fingerprint density at radius 1 is 1.11 bits per heavy atom. The number of amides is 3. The van der Waals surface area contributed by atoms with Crippen molar-refractivity contribution < 1.29 is 31.1 Å². The number of benzene rings is 1. The SMILES string of the molecule is CNC(=O)Nc1cccc2n(C)c(-c3ccc(OC(=O)N(C)C)cc3)c[n+]12.[Cl-]. The molecule has 0 aliphatic heterocycles. The average molecular weight is 404 g/mol. The molecule has 0 radical (unpaired) electrons. The second-order valence-corrected chi connectivity index (χ2v) is 6.20. The molecule has 0 fully saturated rings. The summed E-state index contributed by atoms with van der Waals surface area (Å²) in [5.41, 5.74) is 2.82. The summed E-state index contributed by atoms with van der Waals surface area (Å²) in [5, 5.41) is 5.35. The molecule has 2 N–H and O–H groups in total. The monoisotopic (exact) mass is 403 g/mol. The molecule has 1 aromatic carbocycles. The zero-order valence-corrected chi connectivity index (χ0v) is 16.8. The predicted octanol–water partition coefficient (Wildman–Crippen LogP) is -0.753. The summed E-state index contributed by atoms with van der Waals surface area (Å²) >= 11 is 0. The van der Waals surface area contributed by atoms with Gasteiger partial charge in [0.05, 0.1) is 7.05 Å². The van der Waals surface area contributed by atoms with Crippen molar-refractivity contribution in [1.82, 2.24) is 14.8 Å². The van der Waals surface area contributed by atoms with Gasteiger partial charge >= 0.3 is 12.1 Å². The second-order valence-electron chi connectivity index (χ2n) is 6.20. The summed E-state index contributed by atoms with van der Waals surface area (Å²) in [6.07, 6.45) is 1.52. The maximum atomic E-state index is 11.7. The Morgan fingerprint density at radius 2 is 1.79 bits per heavy atom. The van der Waals surface area contributed by atoms with Crippen LogP contribution in [0.25, 0.3) is 16.9 Å². The topological polar surface area (TPSA) is 79.7 Å². The molecule has 0 unspecified atom stereocenters. The van der Waals surface area contributed by atoms with E-state index in [4.69, 9.17) is 4.74 Å². The number of hydrogen-bond donors (Lipinski definition) is 2. The summed E-state index contributed by atoms with van der Waals surface area (Å²) in [6.45, 7) is 0. The van der Waals surface area contributed by atoms with Crippen LogP contribution in [0.1, 0.15) is 0 Å². The van der Waals surface area contributed by atoms with Gasteiger partial charge in [0.15, 0.2) is 0 Å². The van der Waals surface area contributed by atoms with Crippen molar-refractivity contribution in [2.24, 2.45) is 7.05 Å². The van der Waals surface area contributed by atoms with Crippen molar-refractivity contribution in [2.45, 2.75) is 0 Å². The number of nitrogens with one attached hydrogen (secondary N) is 2. The summed E-state index contributed by atoms with van der Waals surface area (Å²) in [6, 6.07) is 12.7. The molecule has 148 valence electrons. The molecule has 0 saturated heterocycles. The summed E-state index contributed by atoms with van der Waals surface area (Å²) in [5.74, 6) is 1.14. The van der Waals surface area contributed by atoms with Crippen LogP contribution < -0.4 is 32.2 Å². The van der Waals surface area contributed by atoms with Crippen LogP contribution in [-0.2, 0) is 7.05 Å². The van der Waals surface area contributed by atoms with Crippen molar-refractivity contribution in [3.63, 3.8) is 0 Å². The number of anilines is 1. The molecule has 2 heterocycles. The van der Waals surface area contributed by atoms with E-state index in [1.165, 1.54) is 4.90 Å². The molecule has 0 atom stereocenters. The number of halogens is 1. The number of pyridine rings is 1. The zero-order valence-electron chi connectivity index (χ0n) is 16.1.